The van der Waals surface area contributed by atoms with Crippen LogP contribution in [0, 0.1) is 23.5 Å². The van der Waals surface area contributed by atoms with Crippen LogP contribution < -0.4 is 4.74 Å². The van der Waals surface area contributed by atoms with Crippen molar-refractivity contribution in [3.63, 3.8) is 0 Å². The van der Waals surface area contributed by atoms with Crippen LogP contribution in [0.25, 0.3) is 0 Å². The summed E-state index contributed by atoms with van der Waals surface area (Å²) in [6.45, 7) is 4.38. The second kappa shape index (κ2) is 14.8. The summed E-state index contributed by atoms with van der Waals surface area (Å²) in [4.78, 5) is 0. The van der Waals surface area contributed by atoms with Gasteiger partial charge in [-0.2, -0.15) is 4.39 Å². The Labute approximate surface area is 230 Å². The monoisotopic (exact) mass is 522 g/mol. The largest absolute Gasteiger partial charge is 0.491 e. The first-order chi connectivity index (χ1) is 18.6. The number of halogens is 2. The van der Waals surface area contributed by atoms with Gasteiger partial charge in [0.25, 0.3) is 0 Å². The van der Waals surface area contributed by atoms with Gasteiger partial charge in [0, 0.05) is 0 Å². The maximum absolute atomic E-state index is 14.6. The zero-order valence-electron chi connectivity index (χ0n) is 23.7. The number of rotatable bonds is 12. The molecule has 2 aromatic carbocycles. The van der Waals surface area contributed by atoms with Crippen molar-refractivity contribution in [3.05, 3.63) is 76.9 Å². The molecular weight excluding hydrogens is 474 g/mol. The van der Waals surface area contributed by atoms with Gasteiger partial charge in [-0.05, 0) is 130 Å². The highest BCUT2D eigenvalue weighted by Crippen LogP contribution is 2.40. The maximum Gasteiger partial charge on any atom is 0.200 e. The summed E-state index contributed by atoms with van der Waals surface area (Å²) in [5.74, 6) is 0.764. The third kappa shape index (κ3) is 7.93. The molecule has 0 amide bonds. The number of aryl methyl sites for hydroxylation is 1. The smallest absolute Gasteiger partial charge is 0.200 e. The van der Waals surface area contributed by atoms with E-state index in [4.69, 9.17) is 4.74 Å². The molecule has 38 heavy (non-hydrogen) atoms. The number of unbranched alkanes of at least 4 members (excludes halogenated alkanes) is 2. The first kappa shape index (κ1) is 28.8. The fourth-order valence-electron chi connectivity index (χ4n) is 6.69. The summed E-state index contributed by atoms with van der Waals surface area (Å²) in [6, 6.07) is 12.8. The molecule has 208 valence electrons. The molecule has 2 aliphatic rings. The molecule has 2 fully saturated rings. The van der Waals surface area contributed by atoms with E-state index in [1.165, 1.54) is 68.9 Å². The van der Waals surface area contributed by atoms with Crippen molar-refractivity contribution in [3.8, 4) is 5.75 Å². The lowest BCUT2D eigenvalue weighted by Crippen LogP contribution is -2.15. The second-order valence-electron chi connectivity index (χ2n) is 11.7. The Bertz CT molecular complexity index is 995. The van der Waals surface area contributed by atoms with E-state index in [0.29, 0.717) is 18.1 Å². The van der Waals surface area contributed by atoms with E-state index in [9.17, 15) is 8.78 Å². The lowest BCUT2D eigenvalue weighted by Gasteiger charge is -2.29. The molecule has 2 saturated carbocycles. The predicted molar refractivity (Wildman–Crippen MR) is 155 cm³/mol. The van der Waals surface area contributed by atoms with Gasteiger partial charge in [-0.15, -0.1) is 0 Å². The molecule has 0 spiro atoms. The Morgan fingerprint density at radius 2 is 1.50 bits per heavy atom. The number of hydrogen-bond acceptors (Lipinski definition) is 1. The van der Waals surface area contributed by atoms with E-state index < -0.39 is 11.6 Å². The van der Waals surface area contributed by atoms with Crippen LogP contribution in [0.1, 0.15) is 126 Å². The van der Waals surface area contributed by atoms with E-state index in [0.717, 1.165) is 43.9 Å². The Hall–Kier alpha value is -2.16. The zero-order valence-corrected chi connectivity index (χ0v) is 23.7. The lowest BCUT2D eigenvalue weighted by molar-refractivity contribution is 0.297. The van der Waals surface area contributed by atoms with E-state index in [1.807, 2.05) is 0 Å². The Balaban J connectivity index is 1.14. The van der Waals surface area contributed by atoms with Gasteiger partial charge in [-0.1, -0.05) is 62.2 Å². The van der Waals surface area contributed by atoms with Gasteiger partial charge in [0.2, 0.25) is 5.82 Å². The van der Waals surface area contributed by atoms with Crippen LogP contribution >= 0.6 is 0 Å². The topological polar surface area (TPSA) is 9.23 Å². The third-order valence-corrected chi connectivity index (χ3v) is 9.10. The molecule has 0 N–H and O–H groups in total. The molecule has 2 aliphatic carbocycles. The first-order valence-electron chi connectivity index (χ1n) is 15.4. The van der Waals surface area contributed by atoms with Gasteiger partial charge >= 0.3 is 0 Å². The molecule has 0 radical (unpaired) electrons. The molecule has 4 rings (SSSR count). The summed E-state index contributed by atoms with van der Waals surface area (Å²) < 4.78 is 34.1. The van der Waals surface area contributed by atoms with Gasteiger partial charge in [0.05, 0.1) is 6.61 Å². The standard InChI is InChI=1S/C35H48F2O/c1-3-5-6-9-26-12-18-29(19-13-26)30-20-14-27(15-21-30)10-7-8-11-28-16-22-31(23-17-28)32-24-25-33(38-4-2)35(37)34(32)36/h7,10,12-13,18-19,24-25,27-28,30-31H,3-6,8-9,11,14-17,20-23H2,1-2H3/b10-7+. The van der Waals surface area contributed by atoms with Crippen LogP contribution in [0.3, 0.4) is 0 Å². The van der Waals surface area contributed by atoms with Gasteiger partial charge < -0.3 is 4.74 Å². The summed E-state index contributed by atoms with van der Waals surface area (Å²) in [6.07, 6.45) is 21.7. The van der Waals surface area contributed by atoms with Crippen molar-refractivity contribution in [2.24, 2.45) is 11.8 Å². The van der Waals surface area contributed by atoms with Gasteiger partial charge in [0.15, 0.2) is 11.6 Å². The van der Waals surface area contributed by atoms with Crippen molar-refractivity contribution >= 4 is 0 Å². The quantitative estimate of drug-likeness (QED) is 0.199. The fourth-order valence-corrected chi connectivity index (χ4v) is 6.69. The highest BCUT2D eigenvalue weighted by atomic mass is 19.2. The number of benzene rings is 2. The molecule has 0 saturated heterocycles. The fraction of sp³-hybridized carbons (Fsp3) is 0.600. The van der Waals surface area contributed by atoms with Crippen molar-refractivity contribution < 1.29 is 13.5 Å². The van der Waals surface area contributed by atoms with E-state index in [1.54, 1.807) is 19.1 Å². The van der Waals surface area contributed by atoms with Crippen LogP contribution in [0.4, 0.5) is 8.78 Å². The Kier molecular flexibility index (Phi) is 11.3. The molecule has 1 nitrogen and oxygen atoms in total. The normalized spacial score (nSPS) is 24.1. The molecule has 0 unspecified atom stereocenters. The summed E-state index contributed by atoms with van der Waals surface area (Å²) in [5, 5.41) is 0. The molecule has 2 aromatic rings. The molecular formula is C35H48F2O. The zero-order chi connectivity index (χ0) is 26.7. The van der Waals surface area contributed by atoms with Crippen LogP contribution in [0.15, 0.2) is 48.6 Å². The molecule has 0 atom stereocenters. The van der Waals surface area contributed by atoms with E-state index in [2.05, 4.69) is 43.3 Å². The summed E-state index contributed by atoms with van der Waals surface area (Å²) in [7, 11) is 0. The van der Waals surface area contributed by atoms with E-state index >= 15 is 0 Å². The lowest BCUT2D eigenvalue weighted by atomic mass is 9.76. The van der Waals surface area contributed by atoms with Gasteiger partial charge in [0.1, 0.15) is 0 Å². The highest BCUT2D eigenvalue weighted by Gasteiger charge is 2.26. The molecule has 0 heterocycles. The van der Waals surface area contributed by atoms with Crippen molar-refractivity contribution in [2.75, 3.05) is 6.61 Å². The molecule has 3 heteroatoms. The highest BCUT2D eigenvalue weighted by molar-refractivity contribution is 5.33. The minimum atomic E-state index is -0.832. The number of allylic oxidation sites excluding steroid dienone is 2. The molecule has 0 bridgehead atoms. The predicted octanol–water partition coefficient (Wildman–Crippen LogP) is 10.7. The minimum Gasteiger partial charge on any atom is -0.491 e. The van der Waals surface area contributed by atoms with Crippen molar-refractivity contribution in [1.82, 2.24) is 0 Å². The van der Waals surface area contributed by atoms with Crippen LogP contribution in [0.5, 0.6) is 5.75 Å². The maximum atomic E-state index is 14.6. The minimum absolute atomic E-state index is 0.0227. The third-order valence-electron chi connectivity index (χ3n) is 9.10. The van der Waals surface area contributed by atoms with Crippen LogP contribution in [-0.4, -0.2) is 6.61 Å². The summed E-state index contributed by atoms with van der Waals surface area (Å²) in [5.41, 5.74) is 3.56. The van der Waals surface area contributed by atoms with Crippen LogP contribution in [0.2, 0.25) is 0 Å². The average molecular weight is 523 g/mol. The molecule has 0 aliphatic heterocycles. The SMILES string of the molecule is CCCCCc1ccc(C2CCC(/C=C/CCC3CCC(c4ccc(OCC)c(F)c4F)CC3)CC2)cc1. The summed E-state index contributed by atoms with van der Waals surface area (Å²) >= 11 is 0. The Morgan fingerprint density at radius 3 is 2.18 bits per heavy atom. The van der Waals surface area contributed by atoms with Crippen molar-refractivity contribution in [1.29, 1.82) is 0 Å². The van der Waals surface area contributed by atoms with Crippen LogP contribution in [-0.2, 0) is 6.42 Å². The van der Waals surface area contributed by atoms with Crippen molar-refractivity contribution in [2.45, 2.75) is 116 Å². The van der Waals surface area contributed by atoms with Gasteiger partial charge in [-0.25, -0.2) is 4.39 Å². The number of ether oxygens (including phenoxy) is 1. The number of hydrogen-bond donors (Lipinski definition) is 0. The first-order valence-corrected chi connectivity index (χ1v) is 15.4. The van der Waals surface area contributed by atoms with Gasteiger partial charge in [-0.3, -0.25) is 0 Å². The van der Waals surface area contributed by atoms with E-state index in [-0.39, 0.29) is 11.7 Å². The Morgan fingerprint density at radius 1 is 0.789 bits per heavy atom. The average Bonchev–Trinajstić information content (AvgIpc) is 2.95. The molecule has 0 aromatic heterocycles. The second-order valence-corrected chi connectivity index (χ2v) is 11.7.